The third kappa shape index (κ3) is 3.50. The number of aliphatic hydroxyl groups excluding tert-OH is 1. The lowest BCUT2D eigenvalue weighted by molar-refractivity contribution is 0.192. The van der Waals surface area contributed by atoms with Gasteiger partial charge in [-0.05, 0) is 12.5 Å². The first-order chi connectivity index (χ1) is 6.25. The summed E-state index contributed by atoms with van der Waals surface area (Å²) in [4.78, 5) is 0. The number of halogens is 1. The van der Waals surface area contributed by atoms with E-state index in [-0.39, 0.29) is 18.4 Å². The van der Waals surface area contributed by atoms with E-state index in [2.05, 4.69) is 0 Å². The molecular weight excluding hydrogens is 198 g/mol. The molecular formula is C11H16ClNO. The topological polar surface area (TPSA) is 46.2 Å². The largest absolute Gasteiger partial charge is 0.387 e. The Morgan fingerprint density at radius 2 is 1.86 bits per heavy atom. The first kappa shape index (κ1) is 13.2. The van der Waals surface area contributed by atoms with Gasteiger partial charge >= 0.3 is 0 Å². The van der Waals surface area contributed by atoms with Crippen LogP contribution >= 0.6 is 12.4 Å². The van der Waals surface area contributed by atoms with Crippen LogP contribution < -0.4 is 5.73 Å². The van der Waals surface area contributed by atoms with E-state index in [9.17, 15) is 5.11 Å². The quantitative estimate of drug-likeness (QED) is 0.755. The zero-order valence-electron chi connectivity index (χ0n) is 8.13. The molecule has 0 aliphatic carbocycles. The van der Waals surface area contributed by atoms with Crippen molar-refractivity contribution in [1.29, 1.82) is 0 Å². The molecule has 2 nitrogen and oxygen atoms in total. The van der Waals surface area contributed by atoms with Crippen LogP contribution in [0.2, 0.25) is 0 Å². The molecule has 0 aliphatic rings. The Morgan fingerprint density at radius 3 is 2.36 bits per heavy atom. The zero-order chi connectivity index (χ0) is 9.68. The van der Waals surface area contributed by atoms with Gasteiger partial charge in [0.2, 0.25) is 0 Å². The average Bonchev–Trinajstić information content (AvgIpc) is 2.18. The maximum Gasteiger partial charge on any atom is 0.0913 e. The van der Waals surface area contributed by atoms with Crippen LogP contribution in [-0.4, -0.2) is 11.2 Å². The number of hydrogen-bond donors (Lipinski definition) is 2. The van der Waals surface area contributed by atoms with Crippen molar-refractivity contribution in [3.8, 4) is 0 Å². The minimum absolute atomic E-state index is 0. The third-order valence-electron chi connectivity index (χ3n) is 1.94. The molecule has 14 heavy (non-hydrogen) atoms. The van der Waals surface area contributed by atoms with Crippen molar-refractivity contribution < 1.29 is 5.11 Å². The molecule has 0 heterocycles. The van der Waals surface area contributed by atoms with Crippen LogP contribution in [0.5, 0.6) is 0 Å². The molecule has 78 valence electrons. The summed E-state index contributed by atoms with van der Waals surface area (Å²) in [5, 5.41) is 9.56. The highest BCUT2D eigenvalue weighted by Crippen LogP contribution is 2.14. The number of rotatable bonds is 3. The van der Waals surface area contributed by atoms with E-state index in [4.69, 9.17) is 5.73 Å². The number of hydrogen-bond acceptors (Lipinski definition) is 2. The van der Waals surface area contributed by atoms with Crippen molar-refractivity contribution in [2.45, 2.75) is 19.1 Å². The van der Waals surface area contributed by atoms with Gasteiger partial charge in [-0.25, -0.2) is 0 Å². The number of aliphatic hydroxyl groups is 1. The number of benzene rings is 1. The highest BCUT2D eigenvalue weighted by atomic mass is 35.5. The molecule has 3 N–H and O–H groups in total. The standard InChI is InChI=1S/C11H15NO.ClH/c1-2-6-10(13)11(12)9-7-4-3-5-8-9;/h2-8,10-11,13H,12H2,1H3;1H/b6-2+;/t10-,11+;/m0./s1. The first-order valence-corrected chi connectivity index (χ1v) is 4.37. The normalized spacial score (nSPS) is 14.8. The van der Waals surface area contributed by atoms with Gasteiger partial charge in [0.05, 0.1) is 12.1 Å². The van der Waals surface area contributed by atoms with E-state index in [0.29, 0.717) is 0 Å². The minimum atomic E-state index is -0.604. The molecule has 1 aromatic rings. The fourth-order valence-corrected chi connectivity index (χ4v) is 1.19. The maximum atomic E-state index is 9.56. The molecule has 0 fully saturated rings. The van der Waals surface area contributed by atoms with E-state index in [1.165, 1.54) is 0 Å². The summed E-state index contributed by atoms with van der Waals surface area (Å²) in [7, 11) is 0. The Hall–Kier alpha value is -0.830. The molecule has 0 spiro atoms. The molecule has 0 unspecified atom stereocenters. The van der Waals surface area contributed by atoms with Crippen LogP contribution in [0, 0.1) is 0 Å². The molecule has 2 atom stereocenters. The van der Waals surface area contributed by atoms with Crippen molar-refractivity contribution in [3.63, 3.8) is 0 Å². The van der Waals surface area contributed by atoms with E-state index < -0.39 is 6.10 Å². The summed E-state index contributed by atoms with van der Waals surface area (Å²) in [5.41, 5.74) is 6.78. The van der Waals surface area contributed by atoms with Gasteiger partial charge in [-0.2, -0.15) is 0 Å². The van der Waals surface area contributed by atoms with E-state index >= 15 is 0 Å². The Bertz CT molecular complexity index is 274. The van der Waals surface area contributed by atoms with Crippen molar-refractivity contribution >= 4 is 12.4 Å². The Balaban J connectivity index is 0.00000169. The van der Waals surface area contributed by atoms with Crippen LogP contribution in [0.15, 0.2) is 42.5 Å². The van der Waals surface area contributed by atoms with Crippen LogP contribution in [-0.2, 0) is 0 Å². The van der Waals surface area contributed by atoms with Crippen molar-refractivity contribution in [2.75, 3.05) is 0 Å². The lowest BCUT2D eigenvalue weighted by Crippen LogP contribution is -2.24. The Labute approximate surface area is 90.9 Å². The maximum absolute atomic E-state index is 9.56. The predicted molar refractivity (Wildman–Crippen MR) is 61.4 cm³/mol. The summed E-state index contributed by atoms with van der Waals surface area (Å²) in [6, 6.07) is 9.25. The van der Waals surface area contributed by atoms with E-state index in [1.807, 2.05) is 37.3 Å². The van der Waals surface area contributed by atoms with Gasteiger partial charge in [-0.1, -0.05) is 42.5 Å². The molecule has 0 bridgehead atoms. The number of allylic oxidation sites excluding steroid dienone is 1. The molecule has 1 aromatic carbocycles. The van der Waals surface area contributed by atoms with Gasteiger partial charge in [0, 0.05) is 0 Å². The number of nitrogens with two attached hydrogens (primary N) is 1. The van der Waals surface area contributed by atoms with Gasteiger partial charge in [0.15, 0.2) is 0 Å². The lowest BCUT2D eigenvalue weighted by atomic mass is 10.0. The summed E-state index contributed by atoms with van der Waals surface area (Å²) in [6.45, 7) is 1.86. The Morgan fingerprint density at radius 1 is 1.29 bits per heavy atom. The van der Waals surface area contributed by atoms with Crippen LogP contribution in [0.1, 0.15) is 18.5 Å². The first-order valence-electron chi connectivity index (χ1n) is 4.37. The molecule has 1 rings (SSSR count). The molecule has 0 saturated carbocycles. The van der Waals surface area contributed by atoms with Crippen LogP contribution in [0.4, 0.5) is 0 Å². The second kappa shape index (κ2) is 6.60. The highest BCUT2D eigenvalue weighted by molar-refractivity contribution is 5.85. The summed E-state index contributed by atoms with van der Waals surface area (Å²) in [5.74, 6) is 0. The van der Waals surface area contributed by atoms with Crippen molar-refractivity contribution in [1.82, 2.24) is 0 Å². The molecule has 0 saturated heterocycles. The minimum Gasteiger partial charge on any atom is -0.387 e. The van der Waals surface area contributed by atoms with Gasteiger partial charge in [-0.15, -0.1) is 12.4 Å². The molecule has 0 aliphatic heterocycles. The van der Waals surface area contributed by atoms with Crippen LogP contribution in [0.3, 0.4) is 0 Å². The second-order valence-electron chi connectivity index (χ2n) is 2.95. The monoisotopic (exact) mass is 213 g/mol. The lowest BCUT2D eigenvalue weighted by Gasteiger charge is -2.15. The van der Waals surface area contributed by atoms with Crippen molar-refractivity contribution in [2.24, 2.45) is 5.73 Å². The van der Waals surface area contributed by atoms with E-state index in [1.54, 1.807) is 12.2 Å². The van der Waals surface area contributed by atoms with Crippen LogP contribution in [0.25, 0.3) is 0 Å². The second-order valence-corrected chi connectivity index (χ2v) is 2.95. The smallest absolute Gasteiger partial charge is 0.0913 e. The van der Waals surface area contributed by atoms with Gasteiger partial charge < -0.3 is 10.8 Å². The molecule has 0 aromatic heterocycles. The van der Waals surface area contributed by atoms with Gasteiger partial charge in [0.25, 0.3) is 0 Å². The van der Waals surface area contributed by atoms with E-state index in [0.717, 1.165) is 5.56 Å². The molecule has 0 amide bonds. The summed E-state index contributed by atoms with van der Waals surface area (Å²) >= 11 is 0. The summed E-state index contributed by atoms with van der Waals surface area (Å²) < 4.78 is 0. The fraction of sp³-hybridized carbons (Fsp3) is 0.273. The third-order valence-corrected chi connectivity index (χ3v) is 1.94. The molecule has 3 heteroatoms. The Kier molecular flexibility index (Phi) is 6.21. The summed E-state index contributed by atoms with van der Waals surface area (Å²) in [6.07, 6.45) is 2.89. The fourth-order valence-electron chi connectivity index (χ4n) is 1.19. The predicted octanol–water partition coefficient (Wildman–Crippen LogP) is 2.05. The van der Waals surface area contributed by atoms with Crippen molar-refractivity contribution in [3.05, 3.63) is 48.0 Å². The highest BCUT2D eigenvalue weighted by Gasteiger charge is 2.12. The average molecular weight is 214 g/mol. The zero-order valence-corrected chi connectivity index (χ0v) is 8.95. The SMILES string of the molecule is C/C=C/[C@H](O)[C@H](N)c1ccccc1.Cl. The van der Waals surface area contributed by atoms with Gasteiger partial charge in [0.1, 0.15) is 0 Å². The molecule has 0 radical (unpaired) electrons. The van der Waals surface area contributed by atoms with Gasteiger partial charge in [-0.3, -0.25) is 0 Å².